The number of aryl methyl sites for hydroxylation is 1. The summed E-state index contributed by atoms with van der Waals surface area (Å²) < 4.78 is 11.7. The van der Waals surface area contributed by atoms with Crippen LogP contribution < -0.4 is 10.2 Å². The monoisotopic (exact) mass is 489 g/mol. The number of hydroxylamine groups is 1. The Labute approximate surface area is 212 Å². The molecule has 2 aromatic carbocycles. The molecular formula is C29H35N3O4. The number of amides is 1. The van der Waals surface area contributed by atoms with E-state index in [1.807, 2.05) is 17.2 Å². The second-order valence-corrected chi connectivity index (χ2v) is 9.78. The predicted molar refractivity (Wildman–Crippen MR) is 139 cm³/mol. The van der Waals surface area contributed by atoms with Crippen LogP contribution in [0.2, 0.25) is 0 Å². The van der Waals surface area contributed by atoms with Crippen LogP contribution in [0.4, 0.5) is 0 Å². The second-order valence-electron chi connectivity index (χ2n) is 9.78. The fourth-order valence-corrected chi connectivity index (χ4v) is 5.25. The average Bonchev–Trinajstić information content (AvgIpc) is 2.94. The molecule has 2 saturated heterocycles. The van der Waals surface area contributed by atoms with Crippen molar-refractivity contribution in [3.8, 4) is 17.0 Å². The number of rotatable bonds is 4. The maximum absolute atomic E-state index is 11.0. The quantitative estimate of drug-likeness (QED) is 0.416. The molecule has 1 atom stereocenters. The molecule has 1 aromatic heterocycles. The van der Waals surface area contributed by atoms with E-state index in [9.17, 15) is 4.79 Å². The van der Waals surface area contributed by atoms with Gasteiger partial charge in [-0.3, -0.25) is 14.6 Å². The summed E-state index contributed by atoms with van der Waals surface area (Å²) in [5.74, 6) is 0.991. The number of fused-ring (bicyclic) bond motifs is 2. The van der Waals surface area contributed by atoms with Gasteiger partial charge in [-0.2, -0.15) is 0 Å². The number of nitrogens with one attached hydrogen (secondary N) is 1. The summed E-state index contributed by atoms with van der Waals surface area (Å²) in [5, 5.41) is 2.36. The fourth-order valence-electron chi connectivity index (χ4n) is 5.25. The van der Waals surface area contributed by atoms with Gasteiger partial charge in [0.05, 0.1) is 5.69 Å². The topological polar surface area (TPSA) is 72.9 Å². The minimum atomic E-state index is -0.102. The molecule has 3 aromatic rings. The largest absolute Gasteiger partial charge is 0.487 e. The highest BCUT2D eigenvalue weighted by Crippen LogP contribution is 2.40. The van der Waals surface area contributed by atoms with Crippen LogP contribution in [0.3, 0.4) is 0 Å². The molecule has 2 fully saturated rings. The average molecular weight is 490 g/mol. The normalized spacial score (nSPS) is 20.7. The standard InChI is InChI=1S/C23H22N2O2.C6H13NO2/c26-16-25-11-9-23(10-12-25)8-7-19-13-18(5-6-22(19)27-23)21-14-17-3-1-2-4-20(17)15-24-21;1-7-9-6-4-2-3-5-8-6/h1-6,13-16H,7-12H2;6-7H,2-5H2,1H3. The molecule has 0 bridgehead atoms. The Hall–Kier alpha value is -3.00. The van der Waals surface area contributed by atoms with Crippen LogP contribution in [0.5, 0.6) is 5.75 Å². The van der Waals surface area contributed by atoms with E-state index in [2.05, 4.69) is 52.9 Å². The lowest BCUT2D eigenvalue weighted by Crippen LogP contribution is -2.49. The van der Waals surface area contributed by atoms with Gasteiger partial charge in [-0.05, 0) is 60.9 Å². The van der Waals surface area contributed by atoms with E-state index in [1.165, 1.54) is 23.8 Å². The van der Waals surface area contributed by atoms with Crippen molar-refractivity contribution in [3.05, 3.63) is 60.3 Å². The Balaban J connectivity index is 0.000000252. The summed E-state index contributed by atoms with van der Waals surface area (Å²) in [6, 6.07) is 16.9. The number of hydrogen-bond donors (Lipinski definition) is 1. The first-order valence-corrected chi connectivity index (χ1v) is 13.0. The van der Waals surface area contributed by atoms with Crippen LogP contribution in [0, 0.1) is 0 Å². The summed E-state index contributed by atoms with van der Waals surface area (Å²) in [4.78, 5) is 22.5. The van der Waals surface area contributed by atoms with Crippen LogP contribution in [-0.4, -0.2) is 54.9 Å². The van der Waals surface area contributed by atoms with Crippen molar-refractivity contribution in [1.82, 2.24) is 15.4 Å². The van der Waals surface area contributed by atoms with Gasteiger partial charge in [-0.15, -0.1) is 0 Å². The van der Waals surface area contributed by atoms with E-state index in [0.717, 1.165) is 80.6 Å². The van der Waals surface area contributed by atoms with Gasteiger partial charge in [-0.1, -0.05) is 24.3 Å². The van der Waals surface area contributed by atoms with Crippen molar-refractivity contribution >= 4 is 17.2 Å². The number of carbonyl (C=O) groups is 1. The zero-order valence-electron chi connectivity index (χ0n) is 20.9. The van der Waals surface area contributed by atoms with Crippen LogP contribution >= 0.6 is 0 Å². The van der Waals surface area contributed by atoms with Gasteiger partial charge in [0.2, 0.25) is 6.41 Å². The Bertz CT molecular complexity index is 1170. The molecule has 3 aliphatic rings. The zero-order valence-corrected chi connectivity index (χ0v) is 20.9. The van der Waals surface area contributed by atoms with Crippen LogP contribution in [-0.2, 0) is 20.8 Å². The molecule has 1 unspecified atom stereocenters. The Morgan fingerprint density at radius 3 is 2.67 bits per heavy atom. The van der Waals surface area contributed by atoms with Crippen molar-refractivity contribution in [2.75, 3.05) is 26.7 Å². The smallest absolute Gasteiger partial charge is 0.209 e. The Morgan fingerprint density at radius 1 is 1.08 bits per heavy atom. The first-order chi connectivity index (χ1) is 17.7. The molecule has 0 radical (unpaired) electrons. The fraction of sp³-hybridized carbons (Fsp3) is 0.448. The summed E-state index contributed by atoms with van der Waals surface area (Å²) in [5.41, 5.74) is 5.90. The minimum Gasteiger partial charge on any atom is -0.487 e. The lowest BCUT2D eigenvalue weighted by Gasteiger charge is -2.43. The van der Waals surface area contributed by atoms with Crippen molar-refractivity contribution < 1.29 is 19.1 Å². The molecule has 3 aliphatic heterocycles. The van der Waals surface area contributed by atoms with Crippen molar-refractivity contribution in [2.24, 2.45) is 0 Å². The summed E-state index contributed by atoms with van der Waals surface area (Å²) in [6.07, 6.45) is 10.1. The lowest BCUT2D eigenvalue weighted by molar-refractivity contribution is -0.191. The number of nitrogens with zero attached hydrogens (tertiary/aromatic N) is 2. The van der Waals surface area contributed by atoms with Gasteiger partial charge in [0.15, 0.2) is 6.29 Å². The van der Waals surface area contributed by atoms with E-state index < -0.39 is 0 Å². The number of ether oxygens (including phenoxy) is 2. The van der Waals surface area contributed by atoms with Crippen LogP contribution in [0.15, 0.2) is 54.7 Å². The van der Waals surface area contributed by atoms with E-state index in [4.69, 9.17) is 14.3 Å². The number of aromatic nitrogens is 1. The SMILES string of the molecule is CNOC1CCCCO1.O=CN1CCC2(CCc3cc(-c4cc5ccccc5cn4)ccc3O2)CC1. The minimum absolute atomic E-state index is 0.0104. The third kappa shape index (κ3) is 5.69. The van der Waals surface area contributed by atoms with Gasteiger partial charge in [0.25, 0.3) is 0 Å². The number of hydrogen-bond acceptors (Lipinski definition) is 6. The van der Waals surface area contributed by atoms with Crippen LogP contribution in [0.25, 0.3) is 22.0 Å². The van der Waals surface area contributed by atoms with E-state index in [0.29, 0.717) is 0 Å². The second kappa shape index (κ2) is 11.4. The Kier molecular flexibility index (Phi) is 7.80. The van der Waals surface area contributed by atoms with Gasteiger partial charge in [0, 0.05) is 63.2 Å². The molecule has 1 spiro atoms. The highest BCUT2D eigenvalue weighted by Gasteiger charge is 2.39. The number of pyridine rings is 1. The third-order valence-electron chi connectivity index (χ3n) is 7.41. The van der Waals surface area contributed by atoms with Gasteiger partial charge >= 0.3 is 0 Å². The van der Waals surface area contributed by atoms with Crippen molar-refractivity contribution in [2.45, 2.75) is 56.8 Å². The molecule has 4 heterocycles. The lowest BCUT2D eigenvalue weighted by atomic mass is 9.83. The molecule has 190 valence electrons. The van der Waals surface area contributed by atoms with Crippen molar-refractivity contribution in [3.63, 3.8) is 0 Å². The first kappa shape index (κ1) is 24.7. The van der Waals surface area contributed by atoms with Crippen molar-refractivity contribution in [1.29, 1.82) is 0 Å². The molecule has 7 heteroatoms. The van der Waals surface area contributed by atoms with E-state index in [-0.39, 0.29) is 11.9 Å². The molecule has 0 aliphatic carbocycles. The third-order valence-corrected chi connectivity index (χ3v) is 7.41. The molecule has 6 rings (SSSR count). The summed E-state index contributed by atoms with van der Waals surface area (Å²) in [6.45, 7) is 2.42. The zero-order chi connectivity index (χ0) is 24.8. The number of benzene rings is 2. The van der Waals surface area contributed by atoms with E-state index >= 15 is 0 Å². The molecule has 36 heavy (non-hydrogen) atoms. The summed E-state index contributed by atoms with van der Waals surface area (Å²) in [7, 11) is 1.75. The van der Waals surface area contributed by atoms with Gasteiger partial charge in [-0.25, -0.2) is 5.48 Å². The molecule has 0 saturated carbocycles. The van der Waals surface area contributed by atoms with Crippen LogP contribution in [0.1, 0.15) is 44.1 Å². The highest BCUT2D eigenvalue weighted by atomic mass is 16.8. The maximum atomic E-state index is 11.0. The summed E-state index contributed by atoms with van der Waals surface area (Å²) >= 11 is 0. The maximum Gasteiger partial charge on any atom is 0.209 e. The Morgan fingerprint density at radius 2 is 1.92 bits per heavy atom. The van der Waals surface area contributed by atoms with Gasteiger partial charge < -0.3 is 14.4 Å². The van der Waals surface area contributed by atoms with Gasteiger partial charge in [0.1, 0.15) is 11.4 Å². The molecule has 1 N–H and O–H groups in total. The predicted octanol–water partition coefficient (Wildman–Crippen LogP) is 4.88. The molecular weight excluding hydrogens is 454 g/mol. The molecule has 1 amide bonds. The number of carbonyl (C=O) groups excluding carboxylic acids is 1. The highest BCUT2D eigenvalue weighted by molar-refractivity contribution is 5.85. The molecule has 7 nitrogen and oxygen atoms in total. The number of piperidine rings is 1. The number of likely N-dealkylation sites (tertiary alicyclic amines) is 1. The van der Waals surface area contributed by atoms with E-state index in [1.54, 1.807) is 7.05 Å². The first-order valence-electron chi connectivity index (χ1n) is 13.0.